The molecule has 0 aromatic carbocycles. The SMILES string of the molecule is Cn1cccc1-c1cc2[nH]c(=O)[nH]c(=O)c2n1C. The van der Waals surface area contributed by atoms with E-state index in [2.05, 4.69) is 9.97 Å². The van der Waals surface area contributed by atoms with Gasteiger partial charge < -0.3 is 14.1 Å². The molecule has 3 heterocycles. The molecular formula is C12H12N4O2. The fourth-order valence-electron chi connectivity index (χ4n) is 2.26. The van der Waals surface area contributed by atoms with Gasteiger partial charge in [-0.15, -0.1) is 0 Å². The Bertz CT molecular complexity index is 847. The second-order valence-corrected chi connectivity index (χ2v) is 4.26. The van der Waals surface area contributed by atoms with Gasteiger partial charge in [0.05, 0.1) is 16.9 Å². The summed E-state index contributed by atoms with van der Waals surface area (Å²) in [4.78, 5) is 27.9. The Morgan fingerprint density at radius 2 is 1.89 bits per heavy atom. The van der Waals surface area contributed by atoms with Crippen LogP contribution in [0.2, 0.25) is 0 Å². The Kier molecular flexibility index (Phi) is 2.07. The number of fused-ring (bicyclic) bond motifs is 1. The Hall–Kier alpha value is -2.50. The summed E-state index contributed by atoms with van der Waals surface area (Å²) < 4.78 is 3.74. The molecule has 3 aromatic rings. The van der Waals surface area contributed by atoms with E-state index in [0.29, 0.717) is 11.0 Å². The Morgan fingerprint density at radius 1 is 1.11 bits per heavy atom. The average Bonchev–Trinajstić information content (AvgIpc) is 2.82. The molecule has 0 saturated heterocycles. The van der Waals surface area contributed by atoms with Crippen molar-refractivity contribution >= 4 is 11.0 Å². The van der Waals surface area contributed by atoms with Crippen molar-refractivity contribution in [3.63, 3.8) is 0 Å². The standard InChI is InChI=1S/C12H12N4O2/c1-15-5-3-4-8(15)9-6-7-10(16(9)2)11(17)14-12(18)13-7/h3-6H,1-2H3,(H2,13,14,17,18). The van der Waals surface area contributed by atoms with E-state index >= 15 is 0 Å². The molecule has 2 N–H and O–H groups in total. The number of H-pyrrole nitrogens is 2. The second kappa shape index (κ2) is 3.49. The second-order valence-electron chi connectivity index (χ2n) is 4.26. The summed E-state index contributed by atoms with van der Waals surface area (Å²) in [6, 6.07) is 5.70. The van der Waals surface area contributed by atoms with Crippen LogP contribution in [0.25, 0.3) is 22.4 Å². The lowest BCUT2D eigenvalue weighted by Gasteiger charge is -2.04. The number of rotatable bonds is 1. The molecular weight excluding hydrogens is 232 g/mol. The molecule has 0 aliphatic carbocycles. The van der Waals surface area contributed by atoms with E-state index in [4.69, 9.17) is 0 Å². The summed E-state index contributed by atoms with van der Waals surface area (Å²) in [6.07, 6.45) is 1.93. The van der Waals surface area contributed by atoms with Crippen molar-refractivity contribution < 1.29 is 0 Å². The molecule has 0 aliphatic heterocycles. The van der Waals surface area contributed by atoms with Gasteiger partial charge in [-0.3, -0.25) is 9.78 Å². The van der Waals surface area contributed by atoms with Gasteiger partial charge >= 0.3 is 5.69 Å². The maximum absolute atomic E-state index is 11.8. The molecule has 3 aromatic heterocycles. The third kappa shape index (κ3) is 1.35. The third-order valence-corrected chi connectivity index (χ3v) is 3.13. The molecule has 92 valence electrons. The van der Waals surface area contributed by atoms with E-state index in [1.165, 1.54) is 0 Å². The van der Waals surface area contributed by atoms with Crippen LogP contribution in [0.5, 0.6) is 0 Å². The van der Waals surface area contributed by atoms with Crippen molar-refractivity contribution in [3.05, 3.63) is 45.2 Å². The molecule has 0 unspecified atom stereocenters. The van der Waals surface area contributed by atoms with Gasteiger partial charge in [0.2, 0.25) is 0 Å². The van der Waals surface area contributed by atoms with Gasteiger partial charge in [-0.1, -0.05) is 0 Å². The van der Waals surface area contributed by atoms with Crippen molar-refractivity contribution in [1.82, 2.24) is 19.1 Å². The highest BCUT2D eigenvalue weighted by atomic mass is 16.2. The lowest BCUT2D eigenvalue weighted by molar-refractivity contribution is 0.896. The molecule has 3 rings (SSSR count). The van der Waals surface area contributed by atoms with E-state index in [0.717, 1.165) is 11.4 Å². The molecule has 6 heteroatoms. The van der Waals surface area contributed by atoms with E-state index in [1.807, 2.05) is 29.9 Å². The van der Waals surface area contributed by atoms with Crippen molar-refractivity contribution in [3.8, 4) is 11.4 Å². The van der Waals surface area contributed by atoms with Gasteiger partial charge in [-0.25, -0.2) is 4.79 Å². The highest BCUT2D eigenvalue weighted by Crippen LogP contribution is 2.23. The van der Waals surface area contributed by atoms with Crippen LogP contribution < -0.4 is 11.2 Å². The van der Waals surface area contributed by atoms with Crippen molar-refractivity contribution in [2.45, 2.75) is 0 Å². The summed E-state index contributed by atoms with van der Waals surface area (Å²) >= 11 is 0. The topological polar surface area (TPSA) is 75.6 Å². The number of aryl methyl sites for hydroxylation is 2. The Morgan fingerprint density at radius 3 is 2.56 bits per heavy atom. The predicted molar refractivity (Wildman–Crippen MR) is 68.6 cm³/mol. The van der Waals surface area contributed by atoms with Gasteiger partial charge in [0, 0.05) is 20.3 Å². The number of nitrogens with one attached hydrogen (secondary N) is 2. The average molecular weight is 244 g/mol. The van der Waals surface area contributed by atoms with Crippen molar-refractivity contribution in [2.75, 3.05) is 0 Å². The predicted octanol–water partition coefficient (Wildman–Crippen LogP) is 0.560. The first-order chi connectivity index (χ1) is 8.58. The monoisotopic (exact) mass is 244 g/mol. The zero-order chi connectivity index (χ0) is 12.9. The van der Waals surface area contributed by atoms with Gasteiger partial charge in [0.15, 0.2) is 0 Å². The number of hydrogen-bond donors (Lipinski definition) is 2. The molecule has 0 aliphatic rings. The normalized spacial score (nSPS) is 11.2. The maximum Gasteiger partial charge on any atom is 0.326 e. The fourth-order valence-corrected chi connectivity index (χ4v) is 2.26. The van der Waals surface area contributed by atoms with Gasteiger partial charge in [0.25, 0.3) is 5.56 Å². The molecule has 18 heavy (non-hydrogen) atoms. The van der Waals surface area contributed by atoms with E-state index in [1.54, 1.807) is 17.7 Å². The minimum Gasteiger partial charge on any atom is -0.349 e. The van der Waals surface area contributed by atoms with Crippen LogP contribution in [-0.2, 0) is 14.1 Å². The molecule has 0 amide bonds. The number of aromatic amines is 2. The Labute approximate surface area is 102 Å². The zero-order valence-corrected chi connectivity index (χ0v) is 10.0. The van der Waals surface area contributed by atoms with Crippen LogP contribution in [0.15, 0.2) is 34.0 Å². The summed E-state index contributed by atoms with van der Waals surface area (Å²) in [5.41, 5.74) is 2.00. The molecule has 0 atom stereocenters. The fraction of sp³-hybridized carbons (Fsp3) is 0.167. The highest BCUT2D eigenvalue weighted by Gasteiger charge is 2.13. The highest BCUT2D eigenvalue weighted by molar-refractivity contribution is 5.82. The minimum atomic E-state index is -0.489. The van der Waals surface area contributed by atoms with Gasteiger partial charge in [-0.2, -0.15) is 0 Å². The third-order valence-electron chi connectivity index (χ3n) is 3.13. The summed E-state index contributed by atoms with van der Waals surface area (Å²) in [5.74, 6) is 0. The van der Waals surface area contributed by atoms with Crippen molar-refractivity contribution in [1.29, 1.82) is 0 Å². The molecule has 0 saturated carbocycles. The number of hydrogen-bond acceptors (Lipinski definition) is 2. The minimum absolute atomic E-state index is 0.378. The first-order valence-corrected chi connectivity index (χ1v) is 5.51. The van der Waals surface area contributed by atoms with Crippen molar-refractivity contribution in [2.24, 2.45) is 14.1 Å². The summed E-state index contributed by atoms with van der Waals surface area (Å²) in [7, 11) is 3.73. The lowest BCUT2D eigenvalue weighted by Crippen LogP contribution is -2.22. The van der Waals surface area contributed by atoms with Gasteiger partial charge in [0.1, 0.15) is 5.52 Å². The van der Waals surface area contributed by atoms with E-state index in [9.17, 15) is 9.59 Å². The Balaban J connectivity index is 2.44. The quantitative estimate of drug-likeness (QED) is 0.656. The van der Waals surface area contributed by atoms with Crippen LogP contribution in [0, 0.1) is 0 Å². The van der Waals surface area contributed by atoms with Crippen LogP contribution >= 0.6 is 0 Å². The van der Waals surface area contributed by atoms with E-state index in [-0.39, 0.29) is 5.56 Å². The number of aromatic nitrogens is 4. The summed E-state index contributed by atoms with van der Waals surface area (Å²) in [5, 5.41) is 0. The number of nitrogens with zero attached hydrogens (tertiary/aromatic N) is 2. The smallest absolute Gasteiger partial charge is 0.326 e. The zero-order valence-electron chi connectivity index (χ0n) is 10.0. The molecule has 0 fully saturated rings. The lowest BCUT2D eigenvalue weighted by atomic mass is 10.3. The molecule has 0 spiro atoms. The first kappa shape index (κ1) is 10.6. The van der Waals surface area contributed by atoms with Crippen LogP contribution in [0.1, 0.15) is 0 Å². The first-order valence-electron chi connectivity index (χ1n) is 5.51. The van der Waals surface area contributed by atoms with Crippen LogP contribution in [0.3, 0.4) is 0 Å². The van der Waals surface area contributed by atoms with Crippen LogP contribution in [-0.4, -0.2) is 19.1 Å². The van der Waals surface area contributed by atoms with E-state index < -0.39 is 5.69 Å². The molecule has 6 nitrogen and oxygen atoms in total. The largest absolute Gasteiger partial charge is 0.349 e. The molecule has 0 radical (unpaired) electrons. The van der Waals surface area contributed by atoms with Crippen LogP contribution in [0.4, 0.5) is 0 Å². The van der Waals surface area contributed by atoms with Gasteiger partial charge in [-0.05, 0) is 18.2 Å². The molecule has 0 bridgehead atoms. The maximum atomic E-state index is 11.8. The summed E-state index contributed by atoms with van der Waals surface area (Å²) in [6.45, 7) is 0.